The van der Waals surface area contributed by atoms with E-state index >= 15 is 0 Å². The maximum Gasteiger partial charge on any atom is 0.148 e. The molecule has 16 heavy (non-hydrogen) atoms. The molecule has 0 aromatic carbocycles. The fourth-order valence-corrected chi connectivity index (χ4v) is 1.71. The molecule has 0 bridgehead atoms. The maximum atomic E-state index is 4.70. The lowest BCUT2D eigenvalue weighted by Gasteiger charge is -2.32. The zero-order valence-electron chi connectivity index (χ0n) is 10.3. The van der Waals surface area contributed by atoms with Crippen molar-refractivity contribution in [2.45, 2.75) is 52.2 Å². The lowest BCUT2D eigenvalue weighted by atomic mass is 10.3. The van der Waals surface area contributed by atoms with E-state index < -0.39 is 0 Å². The van der Waals surface area contributed by atoms with Gasteiger partial charge in [-0.15, -0.1) is 0 Å². The van der Waals surface area contributed by atoms with Crippen molar-refractivity contribution in [3.05, 3.63) is 11.8 Å². The highest BCUT2D eigenvalue weighted by Gasteiger charge is 2.26. The number of rotatable bonds is 3. The van der Waals surface area contributed by atoms with E-state index in [1.807, 2.05) is 11.2 Å². The number of hydrogen-bond acceptors (Lipinski definition) is 3. The van der Waals surface area contributed by atoms with Crippen LogP contribution in [0.3, 0.4) is 0 Å². The third-order valence-electron chi connectivity index (χ3n) is 2.63. The summed E-state index contributed by atoms with van der Waals surface area (Å²) in [7, 11) is 0. The van der Waals surface area contributed by atoms with Gasteiger partial charge in [0.15, 0.2) is 0 Å². The van der Waals surface area contributed by atoms with Gasteiger partial charge in [-0.25, -0.2) is 5.01 Å². The number of allylic oxidation sites excluding steroid dienone is 1. The first-order chi connectivity index (χ1) is 7.70. The van der Waals surface area contributed by atoms with Crippen molar-refractivity contribution in [2.75, 3.05) is 0 Å². The Kier molecular flexibility index (Phi) is 3.27. The Morgan fingerprint density at radius 1 is 1.56 bits per heavy atom. The van der Waals surface area contributed by atoms with E-state index in [1.54, 1.807) is 0 Å². The molecule has 4 nitrogen and oxygen atoms in total. The number of nitrogens with one attached hydrogen (secondary N) is 1. The zero-order chi connectivity index (χ0) is 11.5. The Labute approximate surface area is 97.1 Å². The summed E-state index contributed by atoms with van der Waals surface area (Å²) in [5.74, 6) is 0.996. The number of hydrogen-bond donors (Lipinski definition) is 1. The van der Waals surface area contributed by atoms with Crippen LogP contribution in [0.5, 0.6) is 0 Å². The van der Waals surface area contributed by atoms with Crippen LogP contribution < -0.4 is 5.32 Å². The molecule has 0 aromatic heterocycles. The molecule has 1 aliphatic carbocycles. The average Bonchev–Trinajstić information content (AvgIpc) is 3.00. The highest BCUT2D eigenvalue weighted by atomic mass is 15.5. The number of hydrazone groups is 1. The van der Waals surface area contributed by atoms with Crippen molar-refractivity contribution in [3.63, 3.8) is 0 Å². The molecule has 0 aromatic rings. The summed E-state index contributed by atoms with van der Waals surface area (Å²) in [6, 6.07) is 0.531. The summed E-state index contributed by atoms with van der Waals surface area (Å²) >= 11 is 0. The van der Waals surface area contributed by atoms with Crippen molar-refractivity contribution in [1.82, 2.24) is 10.3 Å². The quantitative estimate of drug-likeness (QED) is 0.740. The SMILES string of the molecule is CC/C=N\N1C(=NC2CC2)C=C(C)NC1C. The number of nitrogens with zero attached hydrogens (tertiary/aromatic N) is 3. The van der Waals surface area contributed by atoms with Crippen LogP contribution in [0, 0.1) is 0 Å². The third-order valence-corrected chi connectivity index (χ3v) is 2.63. The van der Waals surface area contributed by atoms with Gasteiger partial charge in [0.1, 0.15) is 12.0 Å². The van der Waals surface area contributed by atoms with Gasteiger partial charge in [0.2, 0.25) is 0 Å². The van der Waals surface area contributed by atoms with Crippen LogP contribution >= 0.6 is 0 Å². The standard InChI is InChI=1S/C12H20N4/c1-4-7-13-16-10(3)14-9(2)8-12(16)15-11-5-6-11/h7-8,10-11,14H,4-6H2,1-3H3/b13-7-,15-12?. The molecule has 1 heterocycles. The highest BCUT2D eigenvalue weighted by Crippen LogP contribution is 2.25. The van der Waals surface area contributed by atoms with Crippen molar-refractivity contribution in [1.29, 1.82) is 0 Å². The zero-order valence-corrected chi connectivity index (χ0v) is 10.3. The minimum absolute atomic E-state index is 0.185. The molecule has 0 saturated heterocycles. The van der Waals surface area contributed by atoms with Crippen molar-refractivity contribution < 1.29 is 0 Å². The monoisotopic (exact) mass is 220 g/mol. The van der Waals surface area contributed by atoms with Gasteiger partial charge in [-0.3, -0.25) is 4.99 Å². The predicted molar refractivity (Wildman–Crippen MR) is 67.4 cm³/mol. The van der Waals surface area contributed by atoms with E-state index in [0.717, 1.165) is 18.0 Å². The van der Waals surface area contributed by atoms with Gasteiger partial charge in [-0.05, 0) is 33.1 Å². The van der Waals surface area contributed by atoms with E-state index in [2.05, 4.69) is 37.3 Å². The smallest absolute Gasteiger partial charge is 0.148 e. The van der Waals surface area contributed by atoms with Crippen LogP contribution in [-0.4, -0.2) is 29.3 Å². The van der Waals surface area contributed by atoms with Gasteiger partial charge in [-0.1, -0.05) is 6.92 Å². The summed E-state index contributed by atoms with van der Waals surface area (Å²) in [6.07, 6.45) is 7.58. The summed E-state index contributed by atoms with van der Waals surface area (Å²) in [5.41, 5.74) is 1.16. The largest absolute Gasteiger partial charge is 0.367 e. The molecule has 0 spiro atoms. The molecule has 1 unspecified atom stereocenters. The minimum Gasteiger partial charge on any atom is -0.367 e. The van der Waals surface area contributed by atoms with Crippen LogP contribution in [0.15, 0.2) is 21.9 Å². The van der Waals surface area contributed by atoms with Crippen LogP contribution in [-0.2, 0) is 0 Å². The summed E-state index contributed by atoms with van der Waals surface area (Å²) in [6.45, 7) is 6.26. The first kappa shape index (κ1) is 11.2. The van der Waals surface area contributed by atoms with E-state index in [-0.39, 0.29) is 6.17 Å². The Hall–Kier alpha value is -1.32. The number of amidine groups is 1. The Bertz CT molecular complexity index is 339. The Morgan fingerprint density at radius 2 is 2.31 bits per heavy atom. The van der Waals surface area contributed by atoms with Crippen molar-refractivity contribution in [3.8, 4) is 0 Å². The normalized spacial score (nSPS) is 28.4. The molecule has 1 fully saturated rings. The molecule has 2 rings (SSSR count). The molecule has 0 radical (unpaired) electrons. The molecular weight excluding hydrogens is 200 g/mol. The van der Waals surface area contributed by atoms with Crippen molar-refractivity contribution in [2.24, 2.45) is 10.1 Å². The third kappa shape index (κ3) is 2.62. The maximum absolute atomic E-state index is 4.70. The second-order valence-electron chi connectivity index (χ2n) is 4.42. The fraction of sp³-hybridized carbons (Fsp3) is 0.667. The predicted octanol–water partition coefficient (Wildman–Crippen LogP) is 2.10. The Balaban J connectivity index is 2.20. The topological polar surface area (TPSA) is 40.0 Å². The second-order valence-corrected chi connectivity index (χ2v) is 4.42. The van der Waals surface area contributed by atoms with Gasteiger partial charge in [-0.2, -0.15) is 5.10 Å². The van der Waals surface area contributed by atoms with Crippen LogP contribution in [0.25, 0.3) is 0 Å². The van der Waals surface area contributed by atoms with Crippen LogP contribution in [0.2, 0.25) is 0 Å². The van der Waals surface area contributed by atoms with Crippen molar-refractivity contribution >= 4 is 12.1 Å². The van der Waals surface area contributed by atoms with E-state index in [4.69, 9.17) is 4.99 Å². The lowest BCUT2D eigenvalue weighted by molar-refractivity contribution is 0.304. The van der Waals surface area contributed by atoms with E-state index in [0.29, 0.717) is 6.04 Å². The molecule has 1 aliphatic heterocycles. The Morgan fingerprint density at radius 3 is 2.94 bits per heavy atom. The molecule has 2 aliphatic rings. The first-order valence-electron chi connectivity index (χ1n) is 6.05. The van der Waals surface area contributed by atoms with Gasteiger partial charge in [0.25, 0.3) is 0 Å². The number of aliphatic imine (C=N–C) groups is 1. The summed E-state index contributed by atoms with van der Waals surface area (Å²) in [5, 5.41) is 9.77. The van der Waals surface area contributed by atoms with Gasteiger partial charge in [0.05, 0.1) is 6.04 Å². The van der Waals surface area contributed by atoms with Crippen LogP contribution in [0.4, 0.5) is 0 Å². The molecule has 1 atom stereocenters. The molecule has 4 heteroatoms. The van der Waals surface area contributed by atoms with Gasteiger partial charge in [0, 0.05) is 18.0 Å². The van der Waals surface area contributed by atoms with E-state index in [9.17, 15) is 0 Å². The lowest BCUT2D eigenvalue weighted by Crippen LogP contribution is -2.46. The average molecular weight is 220 g/mol. The fourth-order valence-electron chi connectivity index (χ4n) is 1.71. The molecule has 1 saturated carbocycles. The van der Waals surface area contributed by atoms with Gasteiger partial charge >= 0.3 is 0 Å². The molecule has 1 N–H and O–H groups in total. The first-order valence-corrected chi connectivity index (χ1v) is 6.05. The molecule has 88 valence electrons. The second kappa shape index (κ2) is 4.68. The molecule has 0 amide bonds. The van der Waals surface area contributed by atoms with Gasteiger partial charge < -0.3 is 5.32 Å². The highest BCUT2D eigenvalue weighted by molar-refractivity contribution is 5.94. The van der Waals surface area contributed by atoms with E-state index in [1.165, 1.54) is 12.8 Å². The summed E-state index contributed by atoms with van der Waals surface area (Å²) < 4.78 is 0. The minimum atomic E-state index is 0.185. The van der Waals surface area contributed by atoms with Crippen LogP contribution in [0.1, 0.15) is 40.0 Å². The molecular formula is C12H20N4. The summed E-state index contributed by atoms with van der Waals surface area (Å²) in [4.78, 5) is 4.70.